The van der Waals surface area contributed by atoms with E-state index in [0.717, 1.165) is 57.3 Å². The summed E-state index contributed by atoms with van der Waals surface area (Å²) < 4.78 is 5.26. The first-order valence-electron chi connectivity index (χ1n) is 6.95. The van der Waals surface area contributed by atoms with Crippen molar-refractivity contribution >= 4 is 11.9 Å². The zero-order valence-electron chi connectivity index (χ0n) is 11.1. The van der Waals surface area contributed by atoms with E-state index in [-0.39, 0.29) is 17.9 Å². The number of aliphatic carboxylic acids is 1. The Morgan fingerprint density at radius 3 is 2.37 bits per heavy atom. The zero-order chi connectivity index (χ0) is 13.7. The lowest BCUT2D eigenvalue weighted by Crippen LogP contribution is -2.42. The van der Waals surface area contributed by atoms with E-state index in [9.17, 15) is 9.59 Å². The van der Waals surface area contributed by atoms with Gasteiger partial charge in [-0.1, -0.05) is 5.57 Å². The molecule has 5 nitrogen and oxygen atoms in total. The summed E-state index contributed by atoms with van der Waals surface area (Å²) in [5, 5.41) is 11.8. The second-order valence-electron chi connectivity index (χ2n) is 5.31. The number of nitrogens with one attached hydrogen (secondary N) is 1. The van der Waals surface area contributed by atoms with Crippen LogP contribution in [0.15, 0.2) is 11.6 Å². The Morgan fingerprint density at radius 2 is 1.79 bits per heavy atom. The Bertz CT molecular complexity index is 362. The summed E-state index contributed by atoms with van der Waals surface area (Å²) in [7, 11) is 0. The van der Waals surface area contributed by atoms with Crippen molar-refractivity contribution in [2.24, 2.45) is 5.92 Å². The van der Waals surface area contributed by atoms with Crippen LogP contribution in [0.25, 0.3) is 0 Å². The molecule has 2 fully saturated rings. The molecule has 0 atom stereocenters. The Kier molecular flexibility index (Phi) is 4.96. The van der Waals surface area contributed by atoms with Gasteiger partial charge in [-0.3, -0.25) is 4.79 Å². The molecule has 19 heavy (non-hydrogen) atoms. The van der Waals surface area contributed by atoms with Crippen molar-refractivity contribution < 1.29 is 19.4 Å². The number of hydrogen-bond donors (Lipinski definition) is 2. The predicted octanol–water partition coefficient (Wildman–Crippen LogP) is 1.48. The van der Waals surface area contributed by atoms with Gasteiger partial charge in [-0.15, -0.1) is 0 Å². The van der Waals surface area contributed by atoms with Crippen LogP contribution in [-0.2, 0) is 14.3 Å². The van der Waals surface area contributed by atoms with E-state index >= 15 is 0 Å². The lowest BCUT2D eigenvalue weighted by atomic mass is 9.85. The van der Waals surface area contributed by atoms with Gasteiger partial charge < -0.3 is 15.2 Å². The highest BCUT2D eigenvalue weighted by atomic mass is 16.5. The van der Waals surface area contributed by atoms with Crippen molar-refractivity contribution in [3.63, 3.8) is 0 Å². The zero-order valence-corrected chi connectivity index (χ0v) is 11.1. The third-order valence-electron chi connectivity index (χ3n) is 3.89. The minimum Gasteiger partial charge on any atom is -0.478 e. The summed E-state index contributed by atoms with van der Waals surface area (Å²) in [4.78, 5) is 22.7. The molecular formula is C14H21NO4. The quantitative estimate of drug-likeness (QED) is 0.759. The lowest BCUT2D eigenvalue weighted by Gasteiger charge is -2.28. The first-order chi connectivity index (χ1) is 9.15. The molecule has 1 aliphatic carbocycles. The predicted molar refractivity (Wildman–Crippen MR) is 69.7 cm³/mol. The molecule has 0 radical (unpaired) electrons. The molecule has 1 saturated carbocycles. The first kappa shape index (κ1) is 14.1. The maximum Gasteiger partial charge on any atom is 0.328 e. The second kappa shape index (κ2) is 6.70. The molecule has 0 aromatic carbocycles. The molecule has 1 amide bonds. The first-order valence-corrected chi connectivity index (χ1v) is 6.95. The lowest BCUT2D eigenvalue weighted by molar-refractivity contribution is -0.131. The summed E-state index contributed by atoms with van der Waals surface area (Å²) in [6.07, 6.45) is 6.02. The average molecular weight is 267 g/mol. The summed E-state index contributed by atoms with van der Waals surface area (Å²) in [5.74, 6) is -0.727. The highest BCUT2D eigenvalue weighted by molar-refractivity contribution is 5.81. The van der Waals surface area contributed by atoms with Gasteiger partial charge in [-0.2, -0.15) is 0 Å². The topological polar surface area (TPSA) is 75.6 Å². The largest absolute Gasteiger partial charge is 0.478 e. The molecule has 0 aromatic rings. The molecule has 0 unspecified atom stereocenters. The van der Waals surface area contributed by atoms with Gasteiger partial charge in [0, 0.05) is 31.2 Å². The average Bonchev–Trinajstić information content (AvgIpc) is 2.40. The number of amides is 1. The minimum atomic E-state index is -0.889. The van der Waals surface area contributed by atoms with Crippen molar-refractivity contribution in [3.05, 3.63) is 11.6 Å². The van der Waals surface area contributed by atoms with Crippen LogP contribution in [-0.4, -0.2) is 36.2 Å². The SMILES string of the molecule is O=C(O)C=C1CCC(C(=O)NC2CCOCC2)CC1. The van der Waals surface area contributed by atoms with Crippen LogP contribution >= 0.6 is 0 Å². The Balaban J connectivity index is 1.77. The molecule has 1 heterocycles. The molecule has 1 saturated heterocycles. The fourth-order valence-electron chi connectivity index (χ4n) is 2.73. The van der Waals surface area contributed by atoms with E-state index in [0.29, 0.717) is 0 Å². The van der Waals surface area contributed by atoms with Crippen LogP contribution in [0.3, 0.4) is 0 Å². The molecule has 0 spiro atoms. The number of rotatable bonds is 3. The van der Waals surface area contributed by atoms with Crippen molar-refractivity contribution in [2.45, 2.75) is 44.6 Å². The number of carbonyl (C=O) groups is 2. The second-order valence-corrected chi connectivity index (χ2v) is 5.31. The highest BCUT2D eigenvalue weighted by Gasteiger charge is 2.25. The minimum absolute atomic E-state index is 0.0359. The molecule has 2 rings (SSSR count). The van der Waals surface area contributed by atoms with Crippen molar-refractivity contribution in [2.75, 3.05) is 13.2 Å². The van der Waals surface area contributed by atoms with Crippen molar-refractivity contribution in [3.8, 4) is 0 Å². The number of carboxylic acids is 1. The number of carboxylic acid groups (broad SMARTS) is 1. The van der Waals surface area contributed by atoms with E-state index in [1.807, 2.05) is 0 Å². The number of allylic oxidation sites excluding steroid dienone is 1. The summed E-state index contributed by atoms with van der Waals surface area (Å²) in [6.45, 7) is 1.45. The molecule has 106 valence electrons. The summed E-state index contributed by atoms with van der Waals surface area (Å²) in [5.41, 5.74) is 0.947. The van der Waals surface area contributed by atoms with Crippen LogP contribution in [0, 0.1) is 5.92 Å². The van der Waals surface area contributed by atoms with Gasteiger partial charge >= 0.3 is 5.97 Å². The van der Waals surface area contributed by atoms with Gasteiger partial charge in [0.15, 0.2) is 0 Å². The smallest absolute Gasteiger partial charge is 0.328 e. The highest BCUT2D eigenvalue weighted by Crippen LogP contribution is 2.28. The Hall–Kier alpha value is -1.36. The van der Waals surface area contributed by atoms with E-state index < -0.39 is 5.97 Å². The molecule has 0 aromatic heterocycles. The van der Waals surface area contributed by atoms with Crippen LogP contribution < -0.4 is 5.32 Å². The normalized spacial score (nSPS) is 24.8. The fourth-order valence-corrected chi connectivity index (χ4v) is 2.73. The van der Waals surface area contributed by atoms with Gasteiger partial charge in [-0.05, 0) is 38.5 Å². The Labute approximate surface area is 113 Å². The van der Waals surface area contributed by atoms with Crippen LogP contribution in [0.5, 0.6) is 0 Å². The Morgan fingerprint density at radius 1 is 1.16 bits per heavy atom. The molecular weight excluding hydrogens is 246 g/mol. The van der Waals surface area contributed by atoms with E-state index in [4.69, 9.17) is 9.84 Å². The van der Waals surface area contributed by atoms with Crippen molar-refractivity contribution in [1.29, 1.82) is 0 Å². The van der Waals surface area contributed by atoms with E-state index in [2.05, 4.69) is 5.32 Å². The monoisotopic (exact) mass is 267 g/mol. The molecule has 0 bridgehead atoms. The van der Waals surface area contributed by atoms with Crippen LogP contribution in [0.4, 0.5) is 0 Å². The van der Waals surface area contributed by atoms with Crippen molar-refractivity contribution in [1.82, 2.24) is 5.32 Å². The number of ether oxygens (including phenoxy) is 1. The molecule has 2 N–H and O–H groups in total. The number of carbonyl (C=O) groups excluding carboxylic acids is 1. The van der Waals surface area contributed by atoms with Crippen LogP contribution in [0.1, 0.15) is 38.5 Å². The third-order valence-corrected chi connectivity index (χ3v) is 3.89. The summed E-state index contributed by atoms with van der Waals surface area (Å²) >= 11 is 0. The maximum absolute atomic E-state index is 12.1. The maximum atomic E-state index is 12.1. The molecule has 5 heteroatoms. The van der Waals surface area contributed by atoms with Gasteiger partial charge in [0.2, 0.25) is 5.91 Å². The van der Waals surface area contributed by atoms with Gasteiger partial charge in [0.1, 0.15) is 0 Å². The molecule has 2 aliphatic rings. The van der Waals surface area contributed by atoms with Crippen LogP contribution in [0.2, 0.25) is 0 Å². The van der Waals surface area contributed by atoms with Gasteiger partial charge in [0.05, 0.1) is 0 Å². The summed E-state index contributed by atoms with van der Waals surface area (Å²) in [6, 6.07) is 0.247. The standard InChI is InChI=1S/C14H21NO4/c16-13(17)9-10-1-3-11(4-2-10)14(18)15-12-5-7-19-8-6-12/h9,11-12H,1-8H2,(H,15,18)(H,16,17). The molecule has 1 aliphatic heterocycles. The van der Waals surface area contributed by atoms with E-state index in [1.54, 1.807) is 0 Å². The fraction of sp³-hybridized carbons (Fsp3) is 0.714. The third kappa shape index (κ3) is 4.35. The number of hydrogen-bond acceptors (Lipinski definition) is 3. The van der Waals surface area contributed by atoms with Gasteiger partial charge in [0.25, 0.3) is 0 Å². The van der Waals surface area contributed by atoms with Gasteiger partial charge in [-0.25, -0.2) is 4.79 Å². The van der Waals surface area contributed by atoms with E-state index in [1.165, 1.54) is 6.08 Å².